The minimum atomic E-state index is -0.146. The molecular formula is C13H20N6O. The molecule has 108 valence electrons. The first kappa shape index (κ1) is 14.3. The molecule has 1 aliphatic heterocycles. The zero-order valence-corrected chi connectivity index (χ0v) is 12.0. The molecule has 0 saturated carbocycles. The molecule has 1 amide bonds. The molecule has 0 aliphatic carbocycles. The first-order valence-electron chi connectivity index (χ1n) is 6.57. The second-order valence-electron chi connectivity index (χ2n) is 4.79. The van der Waals surface area contributed by atoms with Gasteiger partial charge in [0.15, 0.2) is 0 Å². The summed E-state index contributed by atoms with van der Waals surface area (Å²) in [5.41, 5.74) is 1.33. The fourth-order valence-electron chi connectivity index (χ4n) is 2.01. The van der Waals surface area contributed by atoms with Crippen molar-refractivity contribution in [1.29, 1.82) is 0 Å². The van der Waals surface area contributed by atoms with Crippen LogP contribution in [0.4, 0.5) is 11.6 Å². The van der Waals surface area contributed by atoms with Gasteiger partial charge in [-0.1, -0.05) is 0 Å². The number of nitrogens with zero attached hydrogens (tertiary/aromatic N) is 3. The van der Waals surface area contributed by atoms with Crippen LogP contribution < -0.4 is 16.0 Å². The van der Waals surface area contributed by atoms with Gasteiger partial charge >= 0.3 is 0 Å². The van der Waals surface area contributed by atoms with Crippen molar-refractivity contribution in [3.05, 3.63) is 18.1 Å². The van der Waals surface area contributed by atoms with E-state index in [0.29, 0.717) is 17.2 Å². The Balaban J connectivity index is 2.24. The third-order valence-electron chi connectivity index (χ3n) is 2.88. The van der Waals surface area contributed by atoms with Crippen LogP contribution in [-0.4, -0.2) is 55.0 Å². The number of anilines is 2. The lowest BCUT2D eigenvalue weighted by Crippen LogP contribution is -2.14. The summed E-state index contributed by atoms with van der Waals surface area (Å²) in [6, 6.07) is 0. The molecule has 7 heteroatoms. The Bertz CT molecular complexity index is 526. The number of carbonyl (C=O) groups is 1. The van der Waals surface area contributed by atoms with Crippen molar-refractivity contribution < 1.29 is 4.79 Å². The minimum Gasteiger partial charge on any atom is -0.383 e. The van der Waals surface area contributed by atoms with Gasteiger partial charge in [0.2, 0.25) is 0 Å². The van der Waals surface area contributed by atoms with E-state index in [1.807, 2.05) is 26.0 Å². The van der Waals surface area contributed by atoms with E-state index in [0.717, 1.165) is 25.1 Å². The number of hydrogen-bond acceptors (Lipinski definition) is 6. The molecule has 20 heavy (non-hydrogen) atoms. The van der Waals surface area contributed by atoms with E-state index >= 15 is 0 Å². The van der Waals surface area contributed by atoms with Gasteiger partial charge < -0.3 is 20.9 Å². The Kier molecular flexibility index (Phi) is 4.52. The third kappa shape index (κ3) is 3.05. The maximum absolute atomic E-state index is 12.0. The Hall–Kier alpha value is -2.15. The fourth-order valence-corrected chi connectivity index (χ4v) is 2.01. The maximum atomic E-state index is 12.0. The van der Waals surface area contributed by atoms with Crippen LogP contribution in [0.5, 0.6) is 0 Å². The number of rotatable bonds is 6. The largest absolute Gasteiger partial charge is 0.383 e. The summed E-state index contributed by atoms with van der Waals surface area (Å²) < 4.78 is 0. The molecular weight excluding hydrogens is 256 g/mol. The summed E-state index contributed by atoms with van der Waals surface area (Å²) in [5, 5.41) is 9.11. The summed E-state index contributed by atoms with van der Waals surface area (Å²) in [5.74, 6) is 1.11. The molecule has 2 heterocycles. The van der Waals surface area contributed by atoms with Crippen molar-refractivity contribution in [2.45, 2.75) is 6.42 Å². The summed E-state index contributed by atoms with van der Waals surface area (Å²) in [6.45, 7) is 1.71. The van der Waals surface area contributed by atoms with Gasteiger partial charge in [0.1, 0.15) is 18.0 Å². The quantitative estimate of drug-likeness (QED) is 0.514. The first-order valence-corrected chi connectivity index (χ1v) is 6.57. The molecule has 0 unspecified atom stereocenters. The van der Waals surface area contributed by atoms with Crippen LogP contribution in [0.2, 0.25) is 0 Å². The highest BCUT2D eigenvalue weighted by Crippen LogP contribution is 2.34. The van der Waals surface area contributed by atoms with Gasteiger partial charge in [-0.2, -0.15) is 0 Å². The highest BCUT2D eigenvalue weighted by Gasteiger charge is 2.29. The number of fused-ring (bicyclic) bond motifs is 1. The molecule has 7 nitrogen and oxygen atoms in total. The van der Waals surface area contributed by atoms with Crippen molar-refractivity contribution >= 4 is 23.1 Å². The predicted molar refractivity (Wildman–Crippen MR) is 79.4 cm³/mol. The normalized spacial score (nSPS) is 15.2. The molecule has 0 saturated heterocycles. The topological polar surface area (TPSA) is 82.2 Å². The number of nitrogens with one attached hydrogen (secondary N) is 3. The van der Waals surface area contributed by atoms with Gasteiger partial charge in [-0.3, -0.25) is 4.79 Å². The van der Waals surface area contributed by atoms with Crippen molar-refractivity contribution in [1.82, 2.24) is 20.2 Å². The van der Waals surface area contributed by atoms with Gasteiger partial charge in [-0.15, -0.1) is 0 Å². The molecule has 2 rings (SSSR count). The fraction of sp³-hybridized carbons (Fsp3) is 0.462. The summed E-state index contributed by atoms with van der Waals surface area (Å²) in [6.07, 6.45) is 4.21. The van der Waals surface area contributed by atoms with Crippen LogP contribution in [0.15, 0.2) is 12.5 Å². The lowest BCUT2D eigenvalue weighted by atomic mass is 10.1. The molecule has 0 spiro atoms. The van der Waals surface area contributed by atoms with E-state index in [9.17, 15) is 4.79 Å². The average Bonchev–Trinajstić information content (AvgIpc) is 2.71. The van der Waals surface area contributed by atoms with E-state index in [-0.39, 0.29) is 5.91 Å². The van der Waals surface area contributed by atoms with Gasteiger partial charge in [0, 0.05) is 26.8 Å². The molecule has 0 atom stereocenters. The lowest BCUT2D eigenvalue weighted by molar-refractivity contribution is -0.110. The second kappa shape index (κ2) is 6.33. The van der Waals surface area contributed by atoms with Crippen molar-refractivity contribution in [2.75, 3.05) is 44.9 Å². The van der Waals surface area contributed by atoms with Crippen LogP contribution in [0.1, 0.15) is 12.0 Å². The van der Waals surface area contributed by atoms with Gasteiger partial charge in [0.25, 0.3) is 5.91 Å². The van der Waals surface area contributed by atoms with E-state index in [1.165, 1.54) is 6.33 Å². The van der Waals surface area contributed by atoms with Crippen molar-refractivity contribution in [3.8, 4) is 0 Å². The first-order chi connectivity index (χ1) is 9.63. The molecule has 3 N–H and O–H groups in total. The van der Waals surface area contributed by atoms with Crippen LogP contribution in [-0.2, 0) is 4.79 Å². The molecule has 1 aromatic rings. The minimum absolute atomic E-state index is 0.146. The van der Waals surface area contributed by atoms with Gasteiger partial charge in [0.05, 0.1) is 11.1 Å². The van der Waals surface area contributed by atoms with E-state index in [2.05, 4.69) is 25.9 Å². The molecule has 0 radical (unpaired) electrons. The van der Waals surface area contributed by atoms with Crippen LogP contribution >= 0.6 is 0 Å². The third-order valence-corrected chi connectivity index (χ3v) is 2.88. The standard InChI is InChI=1S/C13H20N6O/c1-14-5-4-6-15-11-10-9(7-19(2)3)13(20)18-12(10)17-8-16-11/h7-8,14H,4-6H2,1-3H3,(H2,15,16,17,18,20)/b9-7-. The maximum Gasteiger partial charge on any atom is 0.259 e. The summed E-state index contributed by atoms with van der Waals surface area (Å²) in [7, 11) is 5.67. The van der Waals surface area contributed by atoms with Gasteiger partial charge in [-0.25, -0.2) is 9.97 Å². The molecule has 0 aromatic carbocycles. The molecule has 0 bridgehead atoms. The van der Waals surface area contributed by atoms with Crippen LogP contribution in [0.3, 0.4) is 0 Å². The zero-order chi connectivity index (χ0) is 14.5. The molecule has 0 fully saturated rings. The SMILES string of the molecule is CNCCCNc1ncnc2c1/C(=C/N(C)C)C(=O)N2. The van der Waals surface area contributed by atoms with E-state index < -0.39 is 0 Å². The van der Waals surface area contributed by atoms with Crippen molar-refractivity contribution in [3.63, 3.8) is 0 Å². The monoisotopic (exact) mass is 276 g/mol. The lowest BCUT2D eigenvalue weighted by Gasteiger charge is -2.10. The van der Waals surface area contributed by atoms with Crippen molar-refractivity contribution in [2.24, 2.45) is 0 Å². The van der Waals surface area contributed by atoms with Gasteiger partial charge in [-0.05, 0) is 20.0 Å². The average molecular weight is 276 g/mol. The highest BCUT2D eigenvalue weighted by molar-refractivity contribution is 6.32. The number of amides is 1. The van der Waals surface area contributed by atoms with E-state index in [1.54, 1.807) is 6.20 Å². The smallest absolute Gasteiger partial charge is 0.259 e. The Labute approximate surface area is 118 Å². The molecule has 1 aromatic heterocycles. The Morgan fingerprint density at radius 2 is 2.15 bits per heavy atom. The number of carbonyl (C=O) groups excluding carboxylic acids is 1. The Morgan fingerprint density at radius 3 is 2.85 bits per heavy atom. The highest BCUT2D eigenvalue weighted by atomic mass is 16.2. The summed E-state index contributed by atoms with van der Waals surface area (Å²) in [4.78, 5) is 22.2. The summed E-state index contributed by atoms with van der Waals surface area (Å²) >= 11 is 0. The number of aromatic nitrogens is 2. The zero-order valence-electron chi connectivity index (χ0n) is 12.0. The second-order valence-corrected chi connectivity index (χ2v) is 4.79. The van der Waals surface area contributed by atoms with E-state index in [4.69, 9.17) is 0 Å². The Morgan fingerprint density at radius 1 is 1.35 bits per heavy atom. The predicted octanol–water partition coefficient (Wildman–Crippen LogP) is 0.353. The van der Waals surface area contributed by atoms with Crippen LogP contribution in [0.25, 0.3) is 5.57 Å². The number of hydrogen-bond donors (Lipinski definition) is 3. The van der Waals surface area contributed by atoms with Crippen LogP contribution in [0, 0.1) is 0 Å². The molecule has 1 aliphatic rings.